The zero-order valence-electron chi connectivity index (χ0n) is 19.3. The quantitative estimate of drug-likeness (QED) is 0.214. The average Bonchev–Trinajstić information content (AvgIpc) is 2.81. The summed E-state index contributed by atoms with van der Waals surface area (Å²) in [6.45, 7) is 3.91. The lowest BCUT2D eigenvalue weighted by molar-refractivity contribution is -0.138. The molecule has 0 fully saturated rings. The Labute approximate surface area is 182 Å². The summed E-state index contributed by atoms with van der Waals surface area (Å²) in [6.07, 6.45) is 1.22. The van der Waals surface area contributed by atoms with E-state index in [0.717, 1.165) is 0 Å². The van der Waals surface area contributed by atoms with E-state index < -0.39 is 38.0 Å². The van der Waals surface area contributed by atoms with Crippen LogP contribution in [0.1, 0.15) is 6.42 Å². The van der Waals surface area contributed by atoms with E-state index in [0.29, 0.717) is 0 Å². The lowest BCUT2D eigenvalue weighted by Crippen LogP contribution is -2.60. The predicted octanol–water partition coefficient (Wildman–Crippen LogP) is 0.761. The van der Waals surface area contributed by atoms with Crippen molar-refractivity contribution in [2.75, 3.05) is 64.0 Å². The van der Waals surface area contributed by atoms with Crippen molar-refractivity contribution in [2.45, 2.75) is 18.1 Å². The van der Waals surface area contributed by atoms with Crippen LogP contribution < -0.4 is 0 Å². The van der Waals surface area contributed by atoms with E-state index in [1.165, 1.54) is 75.8 Å². The summed E-state index contributed by atoms with van der Waals surface area (Å²) in [5, 5.41) is 0. The van der Waals surface area contributed by atoms with E-state index in [4.69, 9.17) is 44.3 Å². The molecule has 11 nitrogen and oxygen atoms in total. The van der Waals surface area contributed by atoms with Gasteiger partial charge in [-0.3, -0.25) is 4.79 Å². The summed E-state index contributed by atoms with van der Waals surface area (Å²) in [5.41, 5.74) is -0.178. The van der Waals surface area contributed by atoms with Crippen LogP contribution in [0.25, 0.3) is 0 Å². The molecule has 0 aromatic carbocycles. The first-order valence-corrected chi connectivity index (χ1v) is 14.2. The third-order valence-electron chi connectivity index (χ3n) is 4.65. The van der Waals surface area contributed by atoms with Crippen LogP contribution in [-0.2, 0) is 49.1 Å². The molecule has 0 bridgehead atoms. The van der Waals surface area contributed by atoms with Crippen LogP contribution in [-0.4, -0.2) is 102 Å². The third-order valence-corrected chi connectivity index (χ3v) is 11.9. The molecule has 0 heterocycles. The SMILES string of the molecule is [CH2]CC(C[Si](OC)(OC)OC)(O[Si](OC)(OC)OC)C(=O)C=C[Si](OC)(OC)OC. The fourth-order valence-electron chi connectivity index (χ4n) is 2.65. The fourth-order valence-corrected chi connectivity index (χ4v) is 7.62. The first kappa shape index (κ1) is 29.7. The molecule has 0 amide bonds. The zero-order chi connectivity index (χ0) is 23.5. The van der Waals surface area contributed by atoms with Gasteiger partial charge in [0.15, 0.2) is 5.78 Å². The van der Waals surface area contributed by atoms with Crippen LogP contribution >= 0.6 is 0 Å². The minimum Gasteiger partial charge on any atom is -0.377 e. The number of carbonyl (C=O) groups excluding carboxylic acids is 1. The Balaban J connectivity index is 6.41. The largest absolute Gasteiger partial charge is 0.679 e. The molecule has 0 aliphatic carbocycles. The van der Waals surface area contributed by atoms with E-state index in [-0.39, 0.29) is 12.5 Å². The molecule has 0 aliphatic heterocycles. The van der Waals surface area contributed by atoms with Gasteiger partial charge in [-0.2, -0.15) is 0 Å². The van der Waals surface area contributed by atoms with Gasteiger partial charge in [0.05, 0.1) is 6.04 Å². The second-order valence-corrected chi connectivity index (χ2v) is 14.0. The molecule has 177 valence electrons. The topological polar surface area (TPSA) is 109 Å². The van der Waals surface area contributed by atoms with E-state index in [1.54, 1.807) is 0 Å². The highest BCUT2D eigenvalue weighted by Crippen LogP contribution is 2.34. The van der Waals surface area contributed by atoms with E-state index in [2.05, 4.69) is 6.92 Å². The van der Waals surface area contributed by atoms with Crippen LogP contribution in [0.2, 0.25) is 6.04 Å². The summed E-state index contributed by atoms with van der Waals surface area (Å²) < 4.78 is 54.7. The van der Waals surface area contributed by atoms with E-state index >= 15 is 0 Å². The van der Waals surface area contributed by atoms with Gasteiger partial charge in [0.2, 0.25) is 0 Å². The standard InChI is InChI=1S/C16H35O11Si3/c1-11-16(14-29(21-5,22-6)23-7,27-30(24-8,25-9)26-10)15(17)12-13-28(18-2,19-3)20-4/h12-13H,1,11,14H2,2-10H3. The van der Waals surface area contributed by atoms with Crippen molar-refractivity contribution in [3.63, 3.8) is 0 Å². The highest BCUT2D eigenvalue weighted by atomic mass is 28.4. The van der Waals surface area contributed by atoms with Gasteiger partial charge in [0, 0.05) is 64.0 Å². The van der Waals surface area contributed by atoms with Crippen LogP contribution in [0.4, 0.5) is 0 Å². The van der Waals surface area contributed by atoms with Crippen molar-refractivity contribution in [1.29, 1.82) is 0 Å². The van der Waals surface area contributed by atoms with Crippen molar-refractivity contribution >= 4 is 32.4 Å². The zero-order valence-corrected chi connectivity index (χ0v) is 22.3. The maximum absolute atomic E-state index is 13.5. The fraction of sp³-hybridized carbons (Fsp3) is 0.750. The highest BCUT2D eigenvalue weighted by molar-refractivity contribution is 6.66. The molecule has 0 aliphatic rings. The van der Waals surface area contributed by atoms with Crippen molar-refractivity contribution < 1.29 is 49.1 Å². The summed E-state index contributed by atoms with van der Waals surface area (Å²) >= 11 is 0. The van der Waals surface area contributed by atoms with Gasteiger partial charge in [-0.25, -0.2) is 0 Å². The second-order valence-electron chi connectivity index (χ2n) is 5.84. The van der Waals surface area contributed by atoms with Crippen molar-refractivity contribution in [3.05, 3.63) is 18.7 Å². The summed E-state index contributed by atoms with van der Waals surface area (Å²) in [4.78, 5) is 13.5. The molecular weight excluding hydrogens is 452 g/mol. The molecule has 14 heteroatoms. The van der Waals surface area contributed by atoms with Crippen molar-refractivity contribution in [2.24, 2.45) is 0 Å². The minimum absolute atomic E-state index is 0.0344. The van der Waals surface area contributed by atoms with Crippen molar-refractivity contribution in [3.8, 4) is 0 Å². The number of carbonyl (C=O) groups is 1. The molecule has 0 saturated heterocycles. The van der Waals surface area contributed by atoms with Gasteiger partial charge in [-0.05, 0) is 18.2 Å². The van der Waals surface area contributed by atoms with Crippen LogP contribution in [0.15, 0.2) is 11.8 Å². The molecule has 30 heavy (non-hydrogen) atoms. The number of rotatable bonds is 17. The molecule has 1 unspecified atom stereocenters. The molecule has 0 rings (SSSR count). The number of hydrogen-bond acceptors (Lipinski definition) is 11. The van der Waals surface area contributed by atoms with Gasteiger partial charge in [-0.1, -0.05) is 6.92 Å². The monoisotopic (exact) mass is 487 g/mol. The molecule has 0 aromatic rings. The molecule has 1 radical (unpaired) electrons. The normalized spacial score (nSPS) is 15.5. The lowest BCUT2D eigenvalue weighted by Gasteiger charge is -2.39. The first-order valence-electron chi connectivity index (χ1n) is 8.85. The second kappa shape index (κ2) is 13.3. The maximum Gasteiger partial charge on any atom is 0.679 e. The lowest BCUT2D eigenvalue weighted by atomic mass is 9.98. The minimum atomic E-state index is -3.70. The Kier molecular flexibility index (Phi) is 13.1. The molecule has 0 N–H and O–H groups in total. The number of hydrogen-bond donors (Lipinski definition) is 0. The molecule has 0 spiro atoms. The van der Waals surface area contributed by atoms with E-state index in [9.17, 15) is 4.79 Å². The summed E-state index contributed by atoms with van der Waals surface area (Å²) in [6, 6.07) is -0.0808. The van der Waals surface area contributed by atoms with Gasteiger partial charge in [-0.15, -0.1) is 0 Å². The Morgan fingerprint density at radius 1 is 0.767 bits per heavy atom. The molecular formula is C16H35O11Si3. The molecule has 1 atom stereocenters. The van der Waals surface area contributed by atoms with Gasteiger partial charge >= 0.3 is 26.7 Å². The average molecular weight is 488 g/mol. The maximum atomic E-state index is 13.5. The van der Waals surface area contributed by atoms with Crippen molar-refractivity contribution in [1.82, 2.24) is 0 Å². The van der Waals surface area contributed by atoms with Gasteiger partial charge in [0.1, 0.15) is 5.60 Å². The molecule has 0 saturated carbocycles. The Morgan fingerprint density at radius 3 is 1.50 bits per heavy atom. The molecule has 0 aromatic heterocycles. The summed E-state index contributed by atoms with van der Waals surface area (Å²) in [5.74, 6) is -0.494. The van der Waals surface area contributed by atoms with Gasteiger partial charge < -0.3 is 44.3 Å². The van der Waals surface area contributed by atoms with E-state index in [1.807, 2.05) is 0 Å². The summed E-state index contributed by atoms with van der Waals surface area (Å²) in [7, 11) is 2.46. The smallest absolute Gasteiger partial charge is 0.377 e. The van der Waals surface area contributed by atoms with Crippen LogP contribution in [0, 0.1) is 6.92 Å². The first-order chi connectivity index (χ1) is 14.1. The van der Waals surface area contributed by atoms with Crippen LogP contribution in [0.3, 0.4) is 0 Å². The Hall–Kier alpha value is -0.339. The highest BCUT2D eigenvalue weighted by Gasteiger charge is 2.58. The third kappa shape index (κ3) is 6.83. The van der Waals surface area contributed by atoms with Gasteiger partial charge in [0.25, 0.3) is 0 Å². The number of ketones is 1. The Bertz CT molecular complexity index is 488. The van der Waals surface area contributed by atoms with Crippen LogP contribution in [0.5, 0.6) is 0 Å². The Morgan fingerprint density at radius 2 is 1.20 bits per heavy atom. The predicted molar refractivity (Wildman–Crippen MR) is 113 cm³/mol.